The van der Waals surface area contributed by atoms with Crippen molar-refractivity contribution in [2.75, 3.05) is 26.8 Å². The largest absolute Gasteiger partial charge is 0.385 e. The third-order valence-corrected chi connectivity index (χ3v) is 3.16. The molecule has 1 saturated heterocycles. The van der Waals surface area contributed by atoms with Crippen LogP contribution in [0.15, 0.2) is 0 Å². The number of halogens is 1. The number of nitrogens with one attached hydrogen (secondary N) is 1. The van der Waals surface area contributed by atoms with Gasteiger partial charge in [0, 0.05) is 13.7 Å². The van der Waals surface area contributed by atoms with Crippen molar-refractivity contribution in [3.05, 3.63) is 0 Å². The highest BCUT2D eigenvalue weighted by Gasteiger charge is 2.27. The van der Waals surface area contributed by atoms with E-state index in [0.717, 1.165) is 32.4 Å². The topological polar surface area (TPSA) is 21.3 Å². The van der Waals surface area contributed by atoms with Crippen LogP contribution >= 0.6 is 0 Å². The van der Waals surface area contributed by atoms with Crippen molar-refractivity contribution in [3.8, 4) is 0 Å². The molecule has 0 amide bonds. The number of ether oxygens (including phenoxy) is 1. The maximum Gasteiger partial charge on any atom is 0.106 e. The molecule has 1 aliphatic rings. The summed E-state index contributed by atoms with van der Waals surface area (Å²) in [6.07, 6.45) is 2.16. The van der Waals surface area contributed by atoms with Crippen LogP contribution in [0.2, 0.25) is 0 Å². The molecule has 1 heterocycles. The molecule has 1 N–H and O–H groups in total. The van der Waals surface area contributed by atoms with Crippen molar-refractivity contribution in [2.24, 2.45) is 11.8 Å². The van der Waals surface area contributed by atoms with Gasteiger partial charge in [0.05, 0.1) is 0 Å². The Kier molecular flexibility index (Phi) is 5.41. The molecule has 0 spiro atoms. The van der Waals surface area contributed by atoms with E-state index < -0.39 is 6.17 Å². The lowest BCUT2D eigenvalue weighted by Gasteiger charge is -2.29. The van der Waals surface area contributed by atoms with Crippen LogP contribution < -0.4 is 5.32 Å². The molecule has 0 aliphatic carbocycles. The third-order valence-electron chi connectivity index (χ3n) is 3.16. The Morgan fingerprint density at radius 3 is 2.64 bits per heavy atom. The van der Waals surface area contributed by atoms with E-state index in [1.165, 1.54) is 0 Å². The minimum absolute atomic E-state index is 0.137. The predicted octanol–water partition coefficient (Wildman–Crippen LogP) is 2.00. The van der Waals surface area contributed by atoms with E-state index >= 15 is 0 Å². The van der Waals surface area contributed by atoms with Crippen molar-refractivity contribution in [1.29, 1.82) is 0 Å². The summed E-state index contributed by atoms with van der Waals surface area (Å²) in [5.41, 5.74) is 0. The molecule has 0 aromatic carbocycles. The zero-order chi connectivity index (χ0) is 10.4. The van der Waals surface area contributed by atoms with E-state index in [9.17, 15) is 4.39 Å². The maximum atomic E-state index is 13.9. The summed E-state index contributed by atoms with van der Waals surface area (Å²) >= 11 is 0. The first-order valence-corrected chi connectivity index (χ1v) is 5.59. The monoisotopic (exact) mass is 203 g/mol. The molecule has 0 radical (unpaired) electrons. The third kappa shape index (κ3) is 3.54. The van der Waals surface area contributed by atoms with E-state index in [1.54, 1.807) is 7.11 Å². The van der Waals surface area contributed by atoms with E-state index in [-0.39, 0.29) is 11.8 Å². The van der Waals surface area contributed by atoms with Crippen LogP contribution in [0.25, 0.3) is 0 Å². The smallest absolute Gasteiger partial charge is 0.106 e. The maximum absolute atomic E-state index is 13.9. The van der Waals surface area contributed by atoms with Gasteiger partial charge in [0.2, 0.25) is 0 Å². The van der Waals surface area contributed by atoms with Gasteiger partial charge in [0.25, 0.3) is 0 Å². The van der Waals surface area contributed by atoms with Gasteiger partial charge in [-0.25, -0.2) is 4.39 Å². The van der Waals surface area contributed by atoms with Gasteiger partial charge in [-0.3, -0.25) is 0 Å². The molecule has 1 aliphatic heterocycles. The Morgan fingerprint density at radius 2 is 2.07 bits per heavy atom. The number of hydrogen-bond acceptors (Lipinski definition) is 2. The van der Waals surface area contributed by atoms with E-state index in [2.05, 4.69) is 5.32 Å². The van der Waals surface area contributed by atoms with E-state index in [4.69, 9.17) is 4.74 Å². The first-order chi connectivity index (χ1) is 6.75. The number of alkyl halides is 1. The summed E-state index contributed by atoms with van der Waals surface area (Å²) in [5.74, 6) is 0.404. The zero-order valence-corrected chi connectivity index (χ0v) is 9.26. The molecule has 2 atom stereocenters. The molecule has 84 valence electrons. The summed E-state index contributed by atoms with van der Waals surface area (Å²) in [4.78, 5) is 0. The summed E-state index contributed by atoms with van der Waals surface area (Å²) < 4.78 is 18.9. The average molecular weight is 203 g/mol. The second-order valence-electron chi connectivity index (χ2n) is 4.29. The van der Waals surface area contributed by atoms with Gasteiger partial charge in [-0.1, -0.05) is 6.92 Å². The minimum Gasteiger partial charge on any atom is -0.385 e. The van der Waals surface area contributed by atoms with Gasteiger partial charge < -0.3 is 10.1 Å². The van der Waals surface area contributed by atoms with E-state index in [0.29, 0.717) is 6.61 Å². The summed E-state index contributed by atoms with van der Waals surface area (Å²) in [5, 5.41) is 3.26. The second kappa shape index (κ2) is 6.36. The molecule has 0 aromatic rings. The van der Waals surface area contributed by atoms with Crippen LogP contribution in [-0.2, 0) is 4.74 Å². The number of hydrogen-bond donors (Lipinski definition) is 1. The molecule has 0 aromatic heterocycles. The SMILES string of the molecule is COCCC(C)C(F)C1CCNCC1. The van der Waals surface area contributed by atoms with Gasteiger partial charge in [-0.15, -0.1) is 0 Å². The fourth-order valence-corrected chi connectivity index (χ4v) is 2.09. The summed E-state index contributed by atoms with van der Waals surface area (Å²) in [7, 11) is 1.67. The highest BCUT2D eigenvalue weighted by atomic mass is 19.1. The van der Waals surface area contributed by atoms with Crippen LogP contribution in [0.5, 0.6) is 0 Å². The Morgan fingerprint density at radius 1 is 1.43 bits per heavy atom. The molecule has 2 unspecified atom stereocenters. The highest BCUT2D eigenvalue weighted by Crippen LogP contribution is 2.26. The average Bonchev–Trinajstić information content (AvgIpc) is 2.26. The molecule has 0 bridgehead atoms. The molecule has 3 heteroatoms. The van der Waals surface area contributed by atoms with Gasteiger partial charge in [-0.05, 0) is 44.2 Å². The lowest BCUT2D eigenvalue weighted by Crippen LogP contribution is -2.35. The lowest BCUT2D eigenvalue weighted by molar-refractivity contribution is 0.101. The number of methoxy groups -OCH3 is 1. The van der Waals surface area contributed by atoms with Gasteiger partial charge >= 0.3 is 0 Å². The standard InChI is InChI=1S/C11H22FNO/c1-9(5-8-14-2)11(12)10-3-6-13-7-4-10/h9-11,13H,3-8H2,1-2H3. The van der Waals surface area contributed by atoms with Crippen LogP contribution in [0.4, 0.5) is 4.39 Å². The molecule has 1 rings (SSSR count). The quantitative estimate of drug-likeness (QED) is 0.738. The highest BCUT2D eigenvalue weighted by molar-refractivity contribution is 4.78. The molecule has 2 nitrogen and oxygen atoms in total. The molecule has 14 heavy (non-hydrogen) atoms. The van der Waals surface area contributed by atoms with E-state index in [1.807, 2.05) is 6.92 Å². The minimum atomic E-state index is -0.646. The Hall–Kier alpha value is -0.150. The van der Waals surface area contributed by atoms with Gasteiger partial charge in [-0.2, -0.15) is 0 Å². The van der Waals surface area contributed by atoms with Crippen molar-refractivity contribution >= 4 is 0 Å². The van der Waals surface area contributed by atoms with Gasteiger partial charge in [0.1, 0.15) is 6.17 Å². The van der Waals surface area contributed by atoms with Crippen molar-refractivity contribution < 1.29 is 9.13 Å². The first-order valence-electron chi connectivity index (χ1n) is 5.59. The number of piperidine rings is 1. The fourth-order valence-electron chi connectivity index (χ4n) is 2.09. The Balaban J connectivity index is 2.26. The molecule has 0 saturated carbocycles. The zero-order valence-electron chi connectivity index (χ0n) is 9.26. The van der Waals surface area contributed by atoms with Crippen LogP contribution in [0.1, 0.15) is 26.2 Å². The van der Waals surface area contributed by atoms with Crippen molar-refractivity contribution in [2.45, 2.75) is 32.4 Å². The molecular weight excluding hydrogens is 181 g/mol. The molecule has 1 fully saturated rings. The van der Waals surface area contributed by atoms with Crippen LogP contribution in [0, 0.1) is 11.8 Å². The Bertz CT molecular complexity index is 148. The first kappa shape index (κ1) is 11.9. The van der Waals surface area contributed by atoms with Crippen LogP contribution in [-0.4, -0.2) is 33.0 Å². The Labute approximate surface area is 86.2 Å². The summed E-state index contributed by atoms with van der Waals surface area (Å²) in [6.45, 7) is 4.61. The number of rotatable bonds is 5. The molecular formula is C11H22FNO. The van der Waals surface area contributed by atoms with Crippen LogP contribution in [0.3, 0.4) is 0 Å². The van der Waals surface area contributed by atoms with Gasteiger partial charge in [0.15, 0.2) is 0 Å². The summed E-state index contributed by atoms with van der Waals surface area (Å²) in [6, 6.07) is 0. The fraction of sp³-hybridized carbons (Fsp3) is 1.00. The second-order valence-corrected chi connectivity index (χ2v) is 4.29. The van der Waals surface area contributed by atoms with Crippen molar-refractivity contribution in [3.63, 3.8) is 0 Å². The lowest BCUT2D eigenvalue weighted by atomic mass is 9.85. The predicted molar refractivity (Wildman–Crippen MR) is 56.1 cm³/mol. The van der Waals surface area contributed by atoms with Crippen molar-refractivity contribution in [1.82, 2.24) is 5.32 Å². The normalized spacial score (nSPS) is 23.4.